The normalized spacial score (nSPS) is 6.31. The van der Waals surface area contributed by atoms with E-state index >= 15 is 0 Å². The summed E-state index contributed by atoms with van der Waals surface area (Å²) >= 11 is 0. The molecule has 64 valence electrons. The van der Waals surface area contributed by atoms with Gasteiger partial charge in [0.2, 0.25) is 0 Å². The van der Waals surface area contributed by atoms with Crippen LogP contribution in [0.5, 0.6) is 0 Å². The second-order valence-corrected chi connectivity index (χ2v) is 4.94. The van der Waals surface area contributed by atoms with Gasteiger partial charge in [-0.1, -0.05) is 30.3 Å². The van der Waals surface area contributed by atoms with Crippen molar-refractivity contribution in [2.24, 2.45) is 0 Å². The maximum absolute atomic E-state index is 2.31. The van der Waals surface area contributed by atoms with Crippen LogP contribution in [0.1, 0.15) is 0 Å². The fourth-order valence-electron chi connectivity index (χ4n) is 0.771. The van der Waals surface area contributed by atoms with E-state index in [4.69, 9.17) is 0 Å². The largest absolute Gasteiger partial charge is 2.00 e. The summed E-state index contributed by atoms with van der Waals surface area (Å²) in [4.78, 5) is 0. The Bertz CT molecular complexity index is 178. The molecule has 0 N–H and O–H groups in total. The zero-order valence-corrected chi connectivity index (χ0v) is 13.6. The Labute approximate surface area is 110 Å². The van der Waals surface area contributed by atoms with Gasteiger partial charge in [-0.05, 0) is 0 Å². The molecule has 1 aromatic carbocycles. The van der Waals surface area contributed by atoms with Crippen LogP contribution in [0.4, 0.5) is 0 Å². The molecule has 0 aliphatic heterocycles. The van der Waals surface area contributed by atoms with E-state index in [0.29, 0.717) is 0 Å². The molecule has 0 nitrogen and oxygen atoms in total. The van der Waals surface area contributed by atoms with Gasteiger partial charge in [0.1, 0.15) is 0 Å². The van der Waals surface area contributed by atoms with Gasteiger partial charge in [0, 0.05) is 0 Å². The van der Waals surface area contributed by atoms with Crippen molar-refractivity contribution in [2.75, 3.05) is 0 Å². The van der Waals surface area contributed by atoms with Crippen LogP contribution >= 0.6 is 0 Å². The molecular weight excluding hydrogens is 221 g/mol. The third-order valence-electron chi connectivity index (χ3n) is 1.35. The monoisotopic (exact) mass is 236 g/mol. The molecule has 0 amide bonds. The zero-order chi connectivity index (χ0) is 6.69. The molecule has 0 spiro atoms. The minimum atomic E-state index is -0.212. The minimum Gasteiger partial charge on any atom is -0.358 e. The summed E-state index contributed by atoms with van der Waals surface area (Å²) in [7, 11) is -0.212. The summed E-state index contributed by atoms with van der Waals surface area (Å²) in [6.07, 6.45) is 0. The molecule has 0 fully saturated rings. The average molecular weight is 238 g/mol. The van der Waals surface area contributed by atoms with E-state index in [-0.39, 0.29) is 62.0 Å². The van der Waals surface area contributed by atoms with Crippen LogP contribution in [0.15, 0.2) is 30.3 Å². The van der Waals surface area contributed by atoms with Gasteiger partial charge in [-0.15, -0.1) is 0 Å². The Morgan fingerprint density at radius 1 is 0.923 bits per heavy atom. The van der Waals surface area contributed by atoms with Crippen LogP contribution in [0.25, 0.3) is 0 Å². The van der Waals surface area contributed by atoms with E-state index in [0.717, 1.165) is 0 Å². The van der Waals surface area contributed by atoms with Crippen LogP contribution in [-0.4, -0.2) is 8.80 Å². The maximum Gasteiger partial charge on any atom is 2.00 e. The molecule has 1 rings (SSSR count). The molecule has 0 saturated heterocycles. The Kier molecular flexibility index (Phi) is 22.8. The van der Waals surface area contributed by atoms with Crippen molar-refractivity contribution in [2.45, 2.75) is 13.1 Å². The summed E-state index contributed by atoms with van der Waals surface area (Å²) in [6.45, 7) is 4.61. The summed E-state index contributed by atoms with van der Waals surface area (Å²) in [6, 6.07) is 10.7. The summed E-state index contributed by atoms with van der Waals surface area (Å²) in [5.41, 5.74) is 0. The third kappa shape index (κ3) is 8.97. The molecule has 0 atom stereocenters. The average Bonchev–Trinajstić information content (AvgIpc) is 1.90. The van der Waals surface area contributed by atoms with E-state index in [1.807, 2.05) is 0 Å². The maximum atomic E-state index is 2.31. The van der Waals surface area contributed by atoms with E-state index < -0.39 is 0 Å². The van der Waals surface area contributed by atoms with Gasteiger partial charge in [0.15, 0.2) is 0 Å². The minimum absolute atomic E-state index is 0. The van der Waals surface area contributed by atoms with Crippen LogP contribution in [0.2, 0.25) is 13.1 Å². The molecule has 0 bridgehead atoms. The topological polar surface area (TPSA) is 0 Å². The Balaban J connectivity index is -0.000000101. The molecule has 0 unspecified atom stereocenters. The van der Waals surface area contributed by atoms with Crippen LogP contribution in [0.3, 0.4) is 0 Å². The quantitative estimate of drug-likeness (QED) is 0.459. The van der Waals surface area contributed by atoms with Gasteiger partial charge in [-0.25, -0.2) is 0 Å². The van der Waals surface area contributed by atoms with E-state index in [1.165, 1.54) is 5.19 Å². The van der Waals surface area contributed by atoms with Crippen LogP contribution < -0.4 is 24.0 Å². The number of rotatable bonds is 1. The smallest absolute Gasteiger partial charge is 0.358 e. The van der Waals surface area contributed by atoms with Crippen LogP contribution in [0, 0.1) is 14.9 Å². The van der Waals surface area contributed by atoms with Crippen molar-refractivity contribution in [3.63, 3.8) is 0 Å². The first-order chi connectivity index (χ1) is 4.30. The van der Waals surface area contributed by atoms with Crippen molar-refractivity contribution in [1.82, 2.24) is 0 Å². The SMILES string of the molecule is C[Si-](C)c1ccccc1.[CH3-].[CH3-].[Li+].[Zn+2]. The van der Waals surface area contributed by atoms with Crippen molar-refractivity contribution >= 4 is 14.0 Å². The summed E-state index contributed by atoms with van der Waals surface area (Å²) < 4.78 is 0. The zero-order valence-electron chi connectivity index (χ0n) is 9.59. The molecule has 0 heterocycles. The number of benzene rings is 1. The van der Waals surface area contributed by atoms with Crippen molar-refractivity contribution < 1.29 is 38.3 Å². The summed E-state index contributed by atoms with van der Waals surface area (Å²) in [5, 5.41) is 1.52. The Morgan fingerprint density at radius 2 is 1.31 bits per heavy atom. The Morgan fingerprint density at radius 3 is 1.54 bits per heavy atom. The number of hydrogen-bond acceptors (Lipinski definition) is 0. The van der Waals surface area contributed by atoms with E-state index in [2.05, 4.69) is 43.4 Å². The van der Waals surface area contributed by atoms with Gasteiger partial charge in [-0.3, -0.25) is 8.80 Å². The first-order valence-electron chi connectivity index (χ1n) is 3.16. The molecular formula is C10H17LiSiZn. The predicted molar refractivity (Wildman–Crippen MR) is 56.4 cm³/mol. The summed E-state index contributed by atoms with van der Waals surface area (Å²) in [5.74, 6) is 0. The van der Waals surface area contributed by atoms with Crippen molar-refractivity contribution in [1.29, 1.82) is 0 Å². The Hall–Kier alpha value is 0.658. The van der Waals surface area contributed by atoms with E-state index in [1.54, 1.807) is 0 Å². The first-order valence-corrected chi connectivity index (χ1v) is 5.66. The molecule has 0 radical (unpaired) electrons. The molecule has 0 aliphatic rings. The molecule has 0 aromatic heterocycles. The first kappa shape index (κ1) is 23.5. The third-order valence-corrected chi connectivity index (χ3v) is 2.84. The van der Waals surface area contributed by atoms with Gasteiger partial charge >= 0.3 is 38.3 Å². The van der Waals surface area contributed by atoms with Crippen LogP contribution in [-0.2, 0) is 19.5 Å². The second-order valence-electron chi connectivity index (χ2n) is 2.37. The van der Waals surface area contributed by atoms with Gasteiger partial charge in [-0.2, -0.15) is 18.3 Å². The molecule has 13 heavy (non-hydrogen) atoms. The van der Waals surface area contributed by atoms with E-state index in [9.17, 15) is 0 Å². The second kappa shape index (κ2) is 12.7. The molecule has 3 heteroatoms. The van der Waals surface area contributed by atoms with Gasteiger partial charge in [0.05, 0.1) is 0 Å². The molecule has 1 aromatic rings. The fourth-order valence-corrected chi connectivity index (χ4v) is 1.63. The van der Waals surface area contributed by atoms with Crippen molar-refractivity contribution in [3.05, 3.63) is 45.2 Å². The molecule has 0 aliphatic carbocycles. The van der Waals surface area contributed by atoms with Gasteiger partial charge in [0.25, 0.3) is 0 Å². The van der Waals surface area contributed by atoms with Gasteiger partial charge < -0.3 is 14.9 Å². The fraction of sp³-hybridized carbons (Fsp3) is 0.200. The number of hydrogen-bond donors (Lipinski definition) is 0. The standard InChI is InChI=1S/C8H11Si.2CH3.Li.Zn/c1-9(2)8-6-4-3-5-7-8;;;;/h3-7H,1-2H3;2*1H3;;/q3*-1;+1;+2. The predicted octanol–water partition coefficient (Wildman–Crippen LogP) is -0.450. The van der Waals surface area contributed by atoms with Crippen molar-refractivity contribution in [3.8, 4) is 0 Å². The molecule has 0 saturated carbocycles.